The molecule has 2 N–H and O–H groups in total. The molecule has 1 amide bonds. The molecule has 1 aromatic heterocycles. The van der Waals surface area contributed by atoms with Gasteiger partial charge < -0.3 is 10.4 Å². The summed E-state index contributed by atoms with van der Waals surface area (Å²) in [5.74, 6) is -10.0. The number of nitrogens with one attached hydrogen (secondary N) is 1. The van der Waals surface area contributed by atoms with E-state index in [4.69, 9.17) is 5.11 Å². The van der Waals surface area contributed by atoms with Crippen LogP contribution in [-0.2, 0) is 4.79 Å². The number of aromatic nitrogens is 1. The second-order valence-electron chi connectivity index (χ2n) is 3.23. The second-order valence-corrected chi connectivity index (χ2v) is 3.23. The van der Waals surface area contributed by atoms with Gasteiger partial charge in [-0.15, -0.1) is 0 Å². The maximum Gasteiger partial charge on any atom is 0.463 e. The molecule has 0 bridgehead atoms. The predicted molar refractivity (Wildman–Crippen MR) is 50.8 cm³/mol. The normalized spacial score (nSPS) is 12.1. The van der Waals surface area contributed by atoms with E-state index in [1.807, 2.05) is 0 Å². The smallest absolute Gasteiger partial charge is 0.463 e. The Balaban J connectivity index is 3.05. The van der Waals surface area contributed by atoms with Crippen LogP contribution >= 0.6 is 0 Å². The second kappa shape index (κ2) is 4.78. The summed E-state index contributed by atoms with van der Waals surface area (Å²) in [4.78, 5) is 24.7. The van der Waals surface area contributed by atoms with Gasteiger partial charge in [0.25, 0.3) is 0 Å². The Morgan fingerprint density at radius 1 is 1.21 bits per heavy atom. The van der Waals surface area contributed by atoms with Crippen molar-refractivity contribution in [2.24, 2.45) is 0 Å². The van der Waals surface area contributed by atoms with Crippen molar-refractivity contribution in [3.05, 3.63) is 24.0 Å². The summed E-state index contributed by atoms with van der Waals surface area (Å²) in [6.07, 6.45) is -5.11. The molecule has 0 unspecified atom stereocenters. The molecule has 0 aromatic carbocycles. The first-order valence-corrected chi connectivity index (χ1v) is 4.51. The molecule has 10 heteroatoms. The molecule has 1 aromatic rings. The highest BCUT2D eigenvalue weighted by atomic mass is 19.4. The Hall–Kier alpha value is -2.26. The van der Waals surface area contributed by atoms with Gasteiger partial charge in [-0.2, -0.15) is 22.0 Å². The van der Waals surface area contributed by atoms with E-state index in [9.17, 15) is 31.5 Å². The van der Waals surface area contributed by atoms with Crippen LogP contribution in [0.3, 0.4) is 0 Å². The van der Waals surface area contributed by atoms with Gasteiger partial charge in [0.1, 0.15) is 0 Å². The summed E-state index contributed by atoms with van der Waals surface area (Å²) in [6.45, 7) is 0. The van der Waals surface area contributed by atoms with Crippen LogP contribution in [0.15, 0.2) is 18.3 Å². The SMILES string of the molecule is O=C(O)c1ncccc1NC(=O)C(F)(F)C(F)(F)F. The number of anilines is 1. The quantitative estimate of drug-likeness (QED) is 0.831. The highest BCUT2D eigenvalue weighted by Crippen LogP contribution is 2.36. The molecule has 0 saturated heterocycles. The molecule has 1 rings (SSSR count). The molecule has 0 radical (unpaired) electrons. The zero-order valence-corrected chi connectivity index (χ0v) is 8.83. The Morgan fingerprint density at radius 3 is 2.26 bits per heavy atom. The van der Waals surface area contributed by atoms with Crippen LogP contribution in [0.1, 0.15) is 10.5 Å². The third-order valence-corrected chi connectivity index (χ3v) is 1.90. The van der Waals surface area contributed by atoms with E-state index in [-0.39, 0.29) is 0 Å². The number of aromatic carboxylic acids is 1. The number of carbonyl (C=O) groups excluding carboxylic acids is 1. The van der Waals surface area contributed by atoms with Crippen LogP contribution < -0.4 is 5.32 Å². The summed E-state index contributed by atoms with van der Waals surface area (Å²) in [5.41, 5.74) is -1.61. The summed E-state index contributed by atoms with van der Waals surface area (Å²) in [7, 11) is 0. The molecular weight excluding hydrogens is 279 g/mol. The van der Waals surface area contributed by atoms with Gasteiger partial charge in [0.15, 0.2) is 5.69 Å². The number of amides is 1. The lowest BCUT2D eigenvalue weighted by molar-refractivity contribution is -0.267. The standard InChI is InChI=1S/C9H5F5N2O3/c10-8(11,9(12,13)14)7(19)16-4-2-1-3-15-5(4)6(17)18/h1-3H,(H,16,19)(H,17,18). The minimum atomic E-state index is -6.08. The largest absolute Gasteiger partial charge is 0.476 e. The van der Waals surface area contributed by atoms with Crippen molar-refractivity contribution in [1.82, 2.24) is 4.98 Å². The zero-order chi connectivity index (χ0) is 14.8. The molecule has 0 atom stereocenters. The third-order valence-electron chi connectivity index (χ3n) is 1.90. The predicted octanol–water partition coefficient (Wildman–Crippen LogP) is 1.92. The number of hydrogen-bond acceptors (Lipinski definition) is 3. The van der Waals surface area contributed by atoms with Crippen LogP contribution in [0.2, 0.25) is 0 Å². The molecule has 0 aliphatic carbocycles. The van der Waals surface area contributed by atoms with Gasteiger partial charge in [-0.25, -0.2) is 9.78 Å². The van der Waals surface area contributed by atoms with Crippen molar-refractivity contribution in [1.29, 1.82) is 0 Å². The maximum absolute atomic E-state index is 12.6. The van der Waals surface area contributed by atoms with E-state index in [0.717, 1.165) is 18.3 Å². The van der Waals surface area contributed by atoms with Crippen LogP contribution in [-0.4, -0.2) is 34.1 Å². The van der Waals surface area contributed by atoms with E-state index in [0.29, 0.717) is 0 Å². The summed E-state index contributed by atoms with van der Waals surface area (Å²) < 4.78 is 61.0. The number of pyridine rings is 1. The van der Waals surface area contributed by atoms with Crippen LogP contribution in [0, 0.1) is 0 Å². The van der Waals surface area contributed by atoms with Gasteiger partial charge in [-0.3, -0.25) is 4.79 Å². The van der Waals surface area contributed by atoms with E-state index < -0.39 is 35.4 Å². The van der Waals surface area contributed by atoms with Crippen molar-refractivity contribution in [3.63, 3.8) is 0 Å². The lowest BCUT2D eigenvalue weighted by Gasteiger charge is -2.18. The average molecular weight is 284 g/mol. The van der Waals surface area contributed by atoms with Gasteiger partial charge in [0.05, 0.1) is 5.69 Å². The van der Waals surface area contributed by atoms with Gasteiger partial charge in [0.2, 0.25) is 0 Å². The first-order chi connectivity index (χ1) is 8.57. The Morgan fingerprint density at radius 2 is 1.79 bits per heavy atom. The van der Waals surface area contributed by atoms with Crippen molar-refractivity contribution in [2.45, 2.75) is 12.1 Å². The Bertz CT molecular complexity index is 515. The minimum absolute atomic E-state index is 0.760. The molecule has 104 valence electrons. The average Bonchev–Trinajstić information content (AvgIpc) is 2.27. The lowest BCUT2D eigenvalue weighted by atomic mass is 10.2. The number of hydrogen-bond donors (Lipinski definition) is 2. The van der Waals surface area contributed by atoms with Crippen LogP contribution in [0.4, 0.5) is 27.6 Å². The van der Waals surface area contributed by atoms with E-state index in [2.05, 4.69) is 4.98 Å². The first kappa shape index (κ1) is 14.8. The molecule has 0 saturated carbocycles. The molecule has 0 aliphatic heterocycles. The number of carboxylic acid groups (broad SMARTS) is 1. The summed E-state index contributed by atoms with van der Waals surface area (Å²) in [5, 5.41) is 9.80. The number of halogens is 5. The highest BCUT2D eigenvalue weighted by Gasteiger charge is 2.63. The number of nitrogens with zero attached hydrogens (tertiary/aromatic N) is 1. The highest BCUT2D eigenvalue weighted by molar-refractivity contribution is 6.01. The number of carboxylic acids is 1. The van der Waals surface area contributed by atoms with Crippen LogP contribution in [0.5, 0.6) is 0 Å². The van der Waals surface area contributed by atoms with Gasteiger partial charge in [-0.05, 0) is 12.1 Å². The van der Waals surface area contributed by atoms with Gasteiger partial charge in [0, 0.05) is 6.20 Å². The fourth-order valence-corrected chi connectivity index (χ4v) is 1.01. The Kier molecular flexibility index (Phi) is 3.73. The van der Waals surface area contributed by atoms with Gasteiger partial charge >= 0.3 is 24.0 Å². The third kappa shape index (κ3) is 2.95. The molecular formula is C9H5F5N2O3. The first-order valence-electron chi connectivity index (χ1n) is 4.51. The van der Waals surface area contributed by atoms with Crippen molar-refractivity contribution in [2.75, 3.05) is 5.32 Å². The number of rotatable bonds is 3. The molecule has 0 spiro atoms. The topological polar surface area (TPSA) is 79.3 Å². The van der Waals surface area contributed by atoms with Crippen LogP contribution in [0.25, 0.3) is 0 Å². The fraction of sp³-hybridized carbons (Fsp3) is 0.222. The summed E-state index contributed by atoms with van der Waals surface area (Å²) in [6, 6.07) is 1.90. The Labute approximate surface area is 102 Å². The van der Waals surface area contributed by atoms with Crippen molar-refractivity contribution < 1.29 is 36.6 Å². The zero-order valence-electron chi connectivity index (χ0n) is 8.83. The molecule has 5 nitrogen and oxygen atoms in total. The van der Waals surface area contributed by atoms with Crippen molar-refractivity contribution in [3.8, 4) is 0 Å². The van der Waals surface area contributed by atoms with E-state index in [1.54, 1.807) is 0 Å². The monoisotopic (exact) mass is 284 g/mol. The molecule has 19 heavy (non-hydrogen) atoms. The molecule has 1 heterocycles. The fourth-order valence-electron chi connectivity index (χ4n) is 1.01. The minimum Gasteiger partial charge on any atom is -0.476 e. The summed E-state index contributed by atoms with van der Waals surface area (Å²) >= 11 is 0. The molecule has 0 aliphatic rings. The number of carbonyl (C=O) groups is 2. The van der Waals surface area contributed by atoms with E-state index >= 15 is 0 Å². The lowest BCUT2D eigenvalue weighted by Crippen LogP contribution is -2.47. The number of alkyl halides is 5. The van der Waals surface area contributed by atoms with E-state index in [1.165, 1.54) is 5.32 Å². The van der Waals surface area contributed by atoms with Crippen molar-refractivity contribution >= 4 is 17.6 Å². The van der Waals surface area contributed by atoms with Gasteiger partial charge in [-0.1, -0.05) is 0 Å². The molecule has 0 fully saturated rings. The maximum atomic E-state index is 12.6.